The third-order valence-electron chi connectivity index (χ3n) is 3.02. The highest BCUT2D eigenvalue weighted by atomic mass is 79.9. The number of rotatable bonds is 6. The van der Waals surface area contributed by atoms with Crippen LogP contribution in [0.3, 0.4) is 0 Å². The van der Waals surface area contributed by atoms with Crippen molar-refractivity contribution in [3.63, 3.8) is 0 Å². The third-order valence-corrected chi connectivity index (χ3v) is 4.35. The largest absolute Gasteiger partial charge is 0.342 e. The predicted molar refractivity (Wildman–Crippen MR) is 85.0 cm³/mol. The summed E-state index contributed by atoms with van der Waals surface area (Å²) in [7, 11) is 0. The molecule has 0 bridgehead atoms. The number of amides is 1. The Labute approximate surface area is 131 Å². The van der Waals surface area contributed by atoms with Gasteiger partial charge in [-0.05, 0) is 34.8 Å². The summed E-state index contributed by atoms with van der Waals surface area (Å²) in [4.78, 5) is 16.7. The number of thiazole rings is 1. The first-order valence-electron chi connectivity index (χ1n) is 6.71. The van der Waals surface area contributed by atoms with Gasteiger partial charge in [-0.3, -0.25) is 4.79 Å². The van der Waals surface area contributed by atoms with Gasteiger partial charge in [-0.2, -0.15) is 0 Å². The number of hydrogen-bond acceptors (Lipinski definition) is 3. The van der Waals surface area contributed by atoms with Crippen molar-refractivity contribution in [2.24, 2.45) is 0 Å². The molecule has 0 aliphatic rings. The average molecular weight is 356 g/mol. The zero-order valence-electron chi connectivity index (χ0n) is 11.6. The number of nitrogens with one attached hydrogen (secondary N) is 1. The van der Waals surface area contributed by atoms with Gasteiger partial charge in [0.1, 0.15) is 10.7 Å². The standard InChI is InChI=1S/C14H18BrN3OS/c1-3-6-18-9-10(15)8-12(18)13(19)17-11(4-2)14-16-5-7-20-14/h5,7-9,11H,3-4,6H2,1-2H3,(H,17,19). The first-order chi connectivity index (χ1) is 9.65. The van der Waals surface area contributed by atoms with Crippen LogP contribution >= 0.6 is 27.3 Å². The van der Waals surface area contributed by atoms with Gasteiger partial charge in [0.15, 0.2) is 0 Å². The molecule has 4 nitrogen and oxygen atoms in total. The second kappa shape index (κ2) is 7.04. The number of carbonyl (C=O) groups is 1. The summed E-state index contributed by atoms with van der Waals surface area (Å²) < 4.78 is 2.91. The highest BCUT2D eigenvalue weighted by Gasteiger charge is 2.19. The smallest absolute Gasteiger partial charge is 0.268 e. The number of halogens is 1. The van der Waals surface area contributed by atoms with Crippen molar-refractivity contribution in [2.75, 3.05) is 0 Å². The fraction of sp³-hybridized carbons (Fsp3) is 0.429. The highest BCUT2D eigenvalue weighted by Crippen LogP contribution is 2.21. The Morgan fingerprint density at radius 1 is 1.55 bits per heavy atom. The Kier molecular flexibility index (Phi) is 5.37. The van der Waals surface area contributed by atoms with E-state index in [2.05, 4.69) is 33.2 Å². The van der Waals surface area contributed by atoms with E-state index < -0.39 is 0 Å². The molecule has 6 heteroatoms. The van der Waals surface area contributed by atoms with Crippen molar-refractivity contribution in [2.45, 2.75) is 39.3 Å². The van der Waals surface area contributed by atoms with Crippen molar-refractivity contribution >= 4 is 33.2 Å². The Balaban J connectivity index is 2.15. The molecule has 108 valence electrons. The molecule has 1 N–H and O–H groups in total. The van der Waals surface area contributed by atoms with Crippen LogP contribution in [0.2, 0.25) is 0 Å². The lowest BCUT2D eigenvalue weighted by atomic mass is 10.2. The van der Waals surface area contributed by atoms with Gasteiger partial charge in [0, 0.05) is 28.8 Å². The van der Waals surface area contributed by atoms with Gasteiger partial charge in [-0.15, -0.1) is 11.3 Å². The minimum atomic E-state index is -0.0498. The van der Waals surface area contributed by atoms with Crippen LogP contribution in [-0.4, -0.2) is 15.5 Å². The molecule has 0 saturated carbocycles. The van der Waals surface area contributed by atoms with E-state index in [1.165, 1.54) is 0 Å². The van der Waals surface area contributed by atoms with Crippen LogP contribution in [0.25, 0.3) is 0 Å². The van der Waals surface area contributed by atoms with Gasteiger partial charge in [0.2, 0.25) is 0 Å². The first-order valence-corrected chi connectivity index (χ1v) is 8.38. The minimum absolute atomic E-state index is 0.0220. The summed E-state index contributed by atoms with van der Waals surface area (Å²) in [6.45, 7) is 4.98. The van der Waals surface area contributed by atoms with Crippen LogP contribution in [0.4, 0.5) is 0 Å². The molecular weight excluding hydrogens is 338 g/mol. The molecule has 0 spiro atoms. The molecule has 1 amide bonds. The molecule has 0 aliphatic heterocycles. The maximum atomic E-state index is 12.4. The molecule has 0 aromatic carbocycles. The number of carbonyl (C=O) groups excluding carboxylic acids is 1. The van der Waals surface area contributed by atoms with Crippen LogP contribution in [0, 0.1) is 0 Å². The number of hydrogen-bond donors (Lipinski definition) is 1. The first kappa shape index (κ1) is 15.3. The van der Waals surface area contributed by atoms with Crippen LogP contribution in [0.15, 0.2) is 28.3 Å². The Morgan fingerprint density at radius 2 is 2.35 bits per heavy atom. The van der Waals surface area contributed by atoms with E-state index in [9.17, 15) is 4.79 Å². The molecule has 0 fully saturated rings. The lowest BCUT2D eigenvalue weighted by Gasteiger charge is -2.15. The average Bonchev–Trinajstić information content (AvgIpc) is 3.06. The van der Waals surface area contributed by atoms with Gasteiger partial charge in [-0.1, -0.05) is 13.8 Å². The minimum Gasteiger partial charge on any atom is -0.342 e. The SMILES string of the molecule is CCCn1cc(Br)cc1C(=O)NC(CC)c1nccs1. The summed E-state index contributed by atoms with van der Waals surface area (Å²) in [5.74, 6) is -0.0498. The molecular formula is C14H18BrN3OS. The van der Waals surface area contributed by atoms with Crippen molar-refractivity contribution in [3.05, 3.63) is 39.0 Å². The fourth-order valence-electron chi connectivity index (χ4n) is 2.07. The summed E-state index contributed by atoms with van der Waals surface area (Å²) in [6.07, 6.45) is 5.54. The van der Waals surface area contributed by atoms with Gasteiger partial charge in [-0.25, -0.2) is 4.98 Å². The van der Waals surface area contributed by atoms with E-state index in [-0.39, 0.29) is 11.9 Å². The number of nitrogens with zero attached hydrogens (tertiary/aromatic N) is 2. The normalized spacial score (nSPS) is 12.3. The van der Waals surface area contributed by atoms with Crippen molar-refractivity contribution in [1.29, 1.82) is 0 Å². The molecule has 0 radical (unpaired) electrons. The molecule has 0 aliphatic carbocycles. The zero-order valence-corrected chi connectivity index (χ0v) is 14.0. The Hall–Kier alpha value is -1.14. The van der Waals surface area contributed by atoms with Gasteiger partial charge in [0.25, 0.3) is 5.91 Å². The Bertz CT molecular complexity index is 565. The molecule has 1 unspecified atom stereocenters. The maximum Gasteiger partial charge on any atom is 0.268 e. The molecule has 2 rings (SSSR count). The second-order valence-corrected chi connectivity index (χ2v) is 6.38. The number of aryl methyl sites for hydroxylation is 1. The molecule has 2 heterocycles. The van der Waals surface area contributed by atoms with E-state index in [4.69, 9.17) is 0 Å². The molecule has 2 aromatic rings. The van der Waals surface area contributed by atoms with E-state index >= 15 is 0 Å². The lowest BCUT2D eigenvalue weighted by Crippen LogP contribution is -2.29. The third kappa shape index (κ3) is 3.49. The Morgan fingerprint density at radius 3 is 2.95 bits per heavy atom. The van der Waals surface area contributed by atoms with Gasteiger partial charge < -0.3 is 9.88 Å². The summed E-state index contributed by atoms with van der Waals surface area (Å²) in [5, 5.41) is 5.95. The fourth-order valence-corrected chi connectivity index (χ4v) is 3.30. The summed E-state index contributed by atoms with van der Waals surface area (Å²) in [5.41, 5.74) is 0.689. The highest BCUT2D eigenvalue weighted by molar-refractivity contribution is 9.10. The number of aromatic nitrogens is 2. The lowest BCUT2D eigenvalue weighted by molar-refractivity contribution is 0.0926. The zero-order chi connectivity index (χ0) is 14.5. The summed E-state index contributed by atoms with van der Waals surface area (Å²) in [6, 6.07) is 1.84. The summed E-state index contributed by atoms with van der Waals surface area (Å²) >= 11 is 5.00. The van der Waals surface area contributed by atoms with E-state index in [1.54, 1.807) is 17.5 Å². The van der Waals surface area contributed by atoms with Crippen LogP contribution in [0.5, 0.6) is 0 Å². The van der Waals surface area contributed by atoms with Crippen LogP contribution in [0.1, 0.15) is 48.2 Å². The van der Waals surface area contributed by atoms with E-state index in [0.29, 0.717) is 5.69 Å². The van der Waals surface area contributed by atoms with Crippen LogP contribution in [-0.2, 0) is 6.54 Å². The quantitative estimate of drug-likeness (QED) is 0.851. The van der Waals surface area contributed by atoms with Crippen molar-refractivity contribution < 1.29 is 4.79 Å². The van der Waals surface area contributed by atoms with Crippen LogP contribution < -0.4 is 5.32 Å². The van der Waals surface area contributed by atoms with Crippen molar-refractivity contribution in [3.8, 4) is 0 Å². The van der Waals surface area contributed by atoms with Gasteiger partial charge >= 0.3 is 0 Å². The van der Waals surface area contributed by atoms with E-state index in [1.807, 2.05) is 29.1 Å². The molecule has 1 atom stereocenters. The topological polar surface area (TPSA) is 46.9 Å². The van der Waals surface area contributed by atoms with E-state index in [0.717, 1.165) is 28.9 Å². The van der Waals surface area contributed by atoms with Crippen molar-refractivity contribution in [1.82, 2.24) is 14.9 Å². The van der Waals surface area contributed by atoms with Gasteiger partial charge in [0.05, 0.1) is 6.04 Å². The second-order valence-electron chi connectivity index (χ2n) is 4.54. The maximum absolute atomic E-state index is 12.4. The molecule has 0 saturated heterocycles. The monoisotopic (exact) mass is 355 g/mol. The molecule has 2 aromatic heterocycles. The molecule has 20 heavy (non-hydrogen) atoms. The predicted octanol–water partition coefficient (Wildman–Crippen LogP) is 4.00.